The number of piperidine rings is 1. The average Bonchev–Trinajstić information content (AvgIpc) is 3.36. The zero-order valence-electron chi connectivity index (χ0n) is 19.3. The second kappa shape index (κ2) is 8.36. The molecule has 1 aliphatic carbocycles. The van der Waals surface area contributed by atoms with Crippen molar-refractivity contribution in [3.8, 4) is 0 Å². The molecule has 33 heavy (non-hydrogen) atoms. The van der Waals surface area contributed by atoms with Gasteiger partial charge in [-0.3, -0.25) is 0 Å². The van der Waals surface area contributed by atoms with Crippen molar-refractivity contribution in [2.45, 2.75) is 75.0 Å². The van der Waals surface area contributed by atoms with E-state index >= 15 is 0 Å². The van der Waals surface area contributed by atoms with Crippen molar-refractivity contribution in [1.29, 1.82) is 0 Å². The number of benzene rings is 1. The summed E-state index contributed by atoms with van der Waals surface area (Å²) in [5, 5.41) is 4.09. The van der Waals surface area contributed by atoms with Gasteiger partial charge in [-0.25, -0.2) is 13.4 Å². The van der Waals surface area contributed by atoms with Crippen molar-refractivity contribution in [2.24, 2.45) is 0 Å². The Morgan fingerprint density at radius 1 is 1.00 bits per heavy atom. The maximum atomic E-state index is 13.1. The summed E-state index contributed by atoms with van der Waals surface area (Å²) < 4.78 is 39.1. The molecule has 0 bridgehead atoms. The van der Waals surface area contributed by atoms with Crippen molar-refractivity contribution >= 4 is 10.0 Å². The highest BCUT2D eigenvalue weighted by Crippen LogP contribution is 2.39. The van der Waals surface area contributed by atoms with E-state index in [9.17, 15) is 8.42 Å². The molecule has 0 N–H and O–H groups in total. The van der Waals surface area contributed by atoms with Gasteiger partial charge in [0.1, 0.15) is 5.76 Å². The van der Waals surface area contributed by atoms with E-state index in [0.29, 0.717) is 54.9 Å². The van der Waals surface area contributed by atoms with Crippen LogP contribution in [0.4, 0.5) is 0 Å². The Bertz CT molecular complexity index is 1210. The van der Waals surface area contributed by atoms with E-state index in [4.69, 9.17) is 8.94 Å². The number of nitrogens with zero attached hydrogens (tertiary/aromatic N) is 4. The van der Waals surface area contributed by atoms with Crippen molar-refractivity contribution in [1.82, 2.24) is 19.4 Å². The van der Waals surface area contributed by atoms with Gasteiger partial charge in [-0.15, -0.1) is 0 Å². The SMILES string of the molecule is CC(C)(C)c1ccc(S(=O)(=O)N2CCC(c3nc(Cc4cnc(C5CC5)o4)no3)CC2)cc1. The van der Waals surface area contributed by atoms with Crippen LogP contribution in [-0.4, -0.2) is 40.9 Å². The molecule has 0 atom stereocenters. The number of sulfonamides is 1. The fourth-order valence-corrected chi connectivity index (χ4v) is 5.67. The Balaban J connectivity index is 1.20. The van der Waals surface area contributed by atoms with Crippen molar-refractivity contribution in [2.75, 3.05) is 13.1 Å². The molecule has 1 aromatic carbocycles. The fourth-order valence-electron chi connectivity index (χ4n) is 4.20. The number of rotatable bonds is 6. The molecule has 0 unspecified atom stereocenters. The third-order valence-corrected chi connectivity index (χ3v) is 8.39. The first kappa shape index (κ1) is 22.3. The second-order valence-corrected chi connectivity index (χ2v) is 12.1. The van der Waals surface area contributed by atoms with E-state index in [1.807, 2.05) is 12.1 Å². The number of hydrogen-bond donors (Lipinski definition) is 0. The minimum atomic E-state index is -3.52. The van der Waals surface area contributed by atoms with Crippen LogP contribution in [0.15, 0.2) is 44.3 Å². The van der Waals surface area contributed by atoms with E-state index in [0.717, 1.165) is 30.1 Å². The quantitative estimate of drug-likeness (QED) is 0.526. The smallest absolute Gasteiger partial charge is 0.243 e. The van der Waals surface area contributed by atoms with Crippen LogP contribution in [-0.2, 0) is 21.9 Å². The average molecular weight is 471 g/mol. The highest BCUT2D eigenvalue weighted by Gasteiger charge is 2.33. The van der Waals surface area contributed by atoms with Gasteiger partial charge >= 0.3 is 0 Å². The van der Waals surface area contributed by atoms with Crippen LogP contribution in [0.25, 0.3) is 0 Å². The molecule has 0 radical (unpaired) electrons. The lowest BCUT2D eigenvalue weighted by atomic mass is 9.87. The summed E-state index contributed by atoms with van der Waals surface area (Å²) in [6, 6.07) is 7.23. The monoisotopic (exact) mass is 470 g/mol. The molecule has 1 saturated carbocycles. The molecule has 0 spiro atoms. The summed E-state index contributed by atoms with van der Waals surface area (Å²) in [5.41, 5.74) is 1.10. The molecule has 0 amide bonds. The van der Waals surface area contributed by atoms with E-state index in [1.54, 1.807) is 22.6 Å². The number of oxazole rings is 1. The molecule has 2 fully saturated rings. The van der Waals surface area contributed by atoms with Gasteiger partial charge < -0.3 is 8.94 Å². The maximum Gasteiger partial charge on any atom is 0.243 e. The normalized spacial score (nSPS) is 18.6. The Labute approximate surface area is 194 Å². The minimum Gasteiger partial charge on any atom is -0.445 e. The lowest BCUT2D eigenvalue weighted by Crippen LogP contribution is -2.38. The first-order valence-corrected chi connectivity index (χ1v) is 13.0. The van der Waals surface area contributed by atoms with E-state index in [2.05, 4.69) is 35.9 Å². The van der Waals surface area contributed by atoms with Crippen LogP contribution < -0.4 is 0 Å². The van der Waals surface area contributed by atoms with Crippen LogP contribution in [0.3, 0.4) is 0 Å². The topological polar surface area (TPSA) is 102 Å². The van der Waals surface area contributed by atoms with Gasteiger partial charge in [0.2, 0.25) is 15.9 Å². The van der Waals surface area contributed by atoms with Crippen LogP contribution in [0.2, 0.25) is 0 Å². The lowest BCUT2D eigenvalue weighted by molar-refractivity contribution is 0.270. The summed E-state index contributed by atoms with van der Waals surface area (Å²) in [5.74, 6) is 3.20. The van der Waals surface area contributed by atoms with Gasteiger partial charge in [0.05, 0.1) is 17.5 Å². The molecule has 1 aliphatic heterocycles. The number of hydrogen-bond acceptors (Lipinski definition) is 7. The van der Waals surface area contributed by atoms with Crippen LogP contribution in [0.1, 0.15) is 87.2 Å². The first-order chi connectivity index (χ1) is 15.7. The fraction of sp³-hybridized carbons (Fsp3) is 0.542. The third kappa shape index (κ3) is 4.75. The third-order valence-electron chi connectivity index (χ3n) is 6.48. The van der Waals surface area contributed by atoms with Gasteiger partial charge in [0.15, 0.2) is 11.7 Å². The Morgan fingerprint density at radius 2 is 1.67 bits per heavy atom. The predicted molar refractivity (Wildman–Crippen MR) is 121 cm³/mol. The van der Waals surface area contributed by atoms with Crippen molar-refractivity contribution in [3.63, 3.8) is 0 Å². The maximum absolute atomic E-state index is 13.1. The molecule has 8 nitrogen and oxygen atoms in total. The summed E-state index contributed by atoms with van der Waals surface area (Å²) in [7, 11) is -3.52. The van der Waals surface area contributed by atoms with Crippen LogP contribution in [0, 0.1) is 0 Å². The molecule has 2 aromatic heterocycles. The molecule has 5 rings (SSSR count). The van der Waals surface area contributed by atoms with Crippen molar-refractivity contribution < 1.29 is 17.4 Å². The zero-order valence-corrected chi connectivity index (χ0v) is 20.1. The number of aromatic nitrogens is 3. The van der Waals surface area contributed by atoms with E-state index in [-0.39, 0.29) is 11.3 Å². The molecule has 3 aromatic rings. The second-order valence-electron chi connectivity index (χ2n) is 10.1. The molecule has 176 valence electrons. The van der Waals surface area contributed by atoms with Crippen LogP contribution in [0.5, 0.6) is 0 Å². The van der Waals surface area contributed by atoms with Gasteiger partial charge in [0, 0.05) is 24.9 Å². The van der Waals surface area contributed by atoms with Crippen molar-refractivity contribution in [3.05, 3.63) is 59.4 Å². The Morgan fingerprint density at radius 3 is 2.30 bits per heavy atom. The summed E-state index contributed by atoms with van der Waals surface area (Å²) in [4.78, 5) is 9.21. The van der Waals surface area contributed by atoms with Gasteiger partial charge in [0.25, 0.3) is 0 Å². The van der Waals surface area contributed by atoms with Gasteiger partial charge in [-0.1, -0.05) is 38.1 Å². The Kier molecular flexibility index (Phi) is 5.64. The van der Waals surface area contributed by atoms with E-state index < -0.39 is 10.0 Å². The molecule has 2 aliphatic rings. The van der Waals surface area contributed by atoms with E-state index in [1.165, 1.54) is 0 Å². The summed E-state index contributed by atoms with van der Waals surface area (Å²) >= 11 is 0. The summed E-state index contributed by atoms with van der Waals surface area (Å²) in [6.45, 7) is 7.20. The zero-order chi connectivity index (χ0) is 23.2. The van der Waals surface area contributed by atoms with Crippen LogP contribution >= 0.6 is 0 Å². The first-order valence-electron chi connectivity index (χ1n) is 11.6. The predicted octanol–water partition coefficient (Wildman–Crippen LogP) is 4.39. The highest BCUT2D eigenvalue weighted by molar-refractivity contribution is 7.89. The highest BCUT2D eigenvalue weighted by atomic mass is 32.2. The molecular formula is C24H30N4O4S. The standard InChI is InChI=1S/C24H30N4O4S/c1-24(2,3)18-6-8-20(9-7-18)33(29,30)28-12-10-17(11-13-28)23-26-21(27-32-23)14-19-15-25-22(31-19)16-4-5-16/h6-9,15-17H,4-5,10-14H2,1-3H3. The Hall–Kier alpha value is -2.52. The largest absolute Gasteiger partial charge is 0.445 e. The van der Waals surface area contributed by atoms with Gasteiger partial charge in [-0.05, 0) is 48.8 Å². The lowest BCUT2D eigenvalue weighted by Gasteiger charge is -2.29. The summed E-state index contributed by atoms with van der Waals surface area (Å²) in [6.07, 6.45) is 5.76. The molecule has 3 heterocycles. The molecule has 1 saturated heterocycles. The molecular weight excluding hydrogens is 440 g/mol. The van der Waals surface area contributed by atoms with Gasteiger partial charge in [-0.2, -0.15) is 9.29 Å². The minimum absolute atomic E-state index is 0.0173. The molecule has 9 heteroatoms.